The Morgan fingerprint density at radius 1 is 1.21 bits per heavy atom. The van der Waals surface area contributed by atoms with Gasteiger partial charge in [-0.05, 0) is 26.3 Å². The maximum atomic E-state index is 12.6. The molecule has 128 valence electrons. The van der Waals surface area contributed by atoms with Gasteiger partial charge in [-0.25, -0.2) is 9.59 Å². The lowest BCUT2D eigenvalue weighted by Gasteiger charge is -2.22. The number of hydrogen-bond donors (Lipinski definition) is 3. The van der Waals surface area contributed by atoms with Crippen LogP contribution in [0.1, 0.15) is 26.3 Å². The highest BCUT2D eigenvalue weighted by Crippen LogP contribution is 2.28. The van der Waals surface area contributed by atoms with Crippen molar-refractivity contribution in [3.8, 4) is 0 Å². The summed E-state index contributed by atoms with van der Waals surface area (Å²) in [5.74, 6) is -1.29. The first-order valence-electron chi connectivity index (χ1n) is 7.54. The molecule has 8 heteroatoms. The van der Waals surface area contributed by atoms with E-state index in [1.165, 1.54) is 0 Å². The molecule has 0 saturated carbocycles. The molecule has 0 spiro atoms. The molecule has 1 fully saturated rings. The average Bonchev–Trinajstić information content (AvgIpc) is 2.71. The fourth-order valence-corrected chi connectivity index (χ4v) is 2.42. The van der Waals surface area contributed by atoms with Crippen LogP contribution in [-0.4, -0.2) is 41.4 Å². The molecule has 1 atom stereocenters. The third kappa shape index (κ3) is 3.53. The zero-order chi connectivity index (χ0) is 17.9. The molecule has 8 nitrogen and oxygen atoms in total. The number of hydrogen-bond acceptors (Lipinski definition) is 4. The van der Waals surface area contributed by atoms with Crippen molar-refractivity contribution in [2.24, 2.45) is 0 Å². The Hall–Kier alpha value is -2.90. The third-order valence-corrected chi connectivity index (χ3v) is 3.60. The van der Waals surface area contributed by atoms with Gasteiger partial charge in [0.1, 0.15) is 12.1 Å². The van der Waals surface area contributed by atoms with E-state index >= 15 is 0 Å². The first-order chi connectivity index (χ1) is 11.2. The van der Waals surface area contributed by atoms with Crippen LogP contribution in [-0.2, 0) is 15.1 Å². The van der Waals surface area contributed by atoms with Gasteiger partial charge in [-0.3, -0.25) is 19.8 Å². The van der Waals surface area contributed by atoms with E-state index in [1.807, 2.05) is 0 Å². The number of nitrogens with one attached hydrogen (secondary N) is 3. The van der Waals surface area contributed by atoms with E-state index in [0.717, 1.165) is 4.90 Å². The van der Waals surface area contributed by atoms with Gasteiger partial charge in [0.05, 0.1) is 0 Å². The van der Waals surface area contributed by atoms with Crippen molar-refractivity contribution < 1.29 is 19.2 Å². The summed E-state index contributed by atoms with van der Waals surface area (Å²) in [6, 6.07) is 7.26. The Morgan fingerprint density at radius 3 is 2.42 bits per heavy atom. The molecule has 1 aliphatic heterocycles. The average molecular weight is 332 g/mol. The molecule has 24 heavy (non-hydrogen) atoms. The van der Waals surface area contributed by atoms with E-state index in [-0.39, 0.29) is 6.04 Å². The highest BCUT2D eigenvalue weighted by Gasteiger charge is 2.49. The lowest BCUT2D eigenvalue weighted by molar-refractivity contribution is -0.134. The molecule has 1 aromatic rings. The van der Waals surface area contributed by atoms with Gasteiger partial charge in [0.15, 0.2) is 0 Å². The molecular weight excluding hydrogens is 312 g/mol. The predicted molar refractivity (Wildman–Crippen MR) is 85.8 cm³/mol. The Labute approximate surface area is 139 Å². The minimum Gasteiger partial charge on any atom is -0.336 e. The van der Waals surface area contributed by atoms with Crippen LogP contribution in [0.4, 0.5) is 9.59 Å². The number of imide groups is 2. The van der Waals surface area contributed by atoms with E-state index in [0.29, 0.717) is 5.56 Å². The van der Waals surface area contributed by atoms with Crippen LogP contribution in [0.15, 0.2) is 30.3 Å². The molecule has 0 bridgehead atoms. The lowest BCUT2D eigenvalue weighted by Crippen LogP contribution is -2.48. The minimum atomic E-state index is -1.24. The summed E-state index contributed by atoms with van der Waals surface area (Å²) in [6.45, 7) is 4.53. The highest BCUT2D eigenvalue weighted by atomic mass is 16.2. The van der Waals surface area contributed by atoms with E-state index in [2.05, 4.69) is 16.0 Å². The number of benzene rings is 1. The van der Waals surface area contributed by atoms with Crippen molar-refractivity contribution in [3.63, 3.8) is 0 Å². The maximum absolute atomic E-state index is 12.6. The number of carbonyl (C=O) groups excluding carboxylic acids is 4. The monoisotopic (exact) mass is 332 g/mol. The Bertz CT molecular complexity index is 674. The fourth-order valence-electron chi connectivity index (χ4n) is 2.42. The van der Waals surface area contributed by atoms with Gasteiger partial charge in [0, 0.05) is 6.04 Å². The largest absolute Gasteiger partial charge is 0.336 e. The molecule has 1 heterocycles. The molecule has 6 amide bonds. The van der Waals surface area contributed by atoms with Crippen LogP contribution in [0.3, 0.4) is 0 Å². The van der Waals surface area contributed by atoms with Crippen LogP contribution in [0.5, 0.6) is 0 Å². The zero-order valence-corrected chi connectivity index (χ0v) is 13.8. The van der Waals surface area contributed by atoms with Crippen LogP contribution in [0.25, 0.3) is 0 Å². The van der Waals surface area contributed by atoms with Crippen molar-refractivity contribution in [1.82, 2.24) is 20.9 Å². The molecule has 1 aliphatic rings. The van der Waals surface area contributed by atoms with E-state index in [4.69, 9.17) is 0 Å². The quantitative estimate of drug-likeness (QED) is 0.705. The summed E-state index contributed by atoms with van der Waals surface area (Å²) in [5.41, 5.74) is -0.623. The van der Waals surface area contributed by atoms with Crippen molar-refractivity contribution in [2.45, 2.75) is 32.4 Å². The molecule has 3 N–H and O–H groups in total. The van der Waals surface area contributed by atoms with E-state index in [1.54, 1.807) is 51.1 Å². The second-order valence-corrected chi connectivity index (χ2v) is 5.99. The van der Waals surface area contributed by atoms with Gasteiger partial charge < -0.3 is 10.6 Å². The molecule has 0 radical (unpaired) electrons. The number of rotatable bonds is 4. The smallest absolute Gasteiger partial charge is 0.325 e. The van der Waals surface area contributed by atoms with E-state index in [9.17, 15) is 19.2 Å². The fraction of sp³-hybridized carbons (Fsp3) is 0.375. The van der Waals surface area contributed by atoms with Gasteiger partial charge >= 0.3 is 12.1 Å². The zero-order valence-electron chi connectivity index (χ0n) is 13.8. The molecule has 1 saturated heterocycles. The molecular formula is C16H20N4O4. The standard InChI is InChI=1S/C16H20N4O4/c1-10(2)17-14(23)18-12(21)9-20-13(22)16(3,19-15(20)24)11-7-5-4-6-8-11/h4-8,10H,9H2,1-3H3,(H,19,24)(H2,17,18,21,23)/t16-/m0/s1. The molecule has 0 aliphatic carbocycles. The summed E-state index contributed by atoms with van der Waals surface area (Å²) in [5, 5.41) is 7.17. The number of amides is 6. The van der Waals surface area contributed by atoms with Crippen LogP contribution < -0.4 is 16.0 Å². The summed E-state index contributed by atoms with van der Waals surface area (Å²) in [7, 11) is 0. The van der Waals surface area contributed by atoms with Crippen LogP contribution in [0.2, 0.25) is 0 Å². The van der Waals surface area contributed by atoms with Crippen molar-refractivity contribution in [2.75, 3.05) is 6.54 Å². The molecule has 1 aromatic carbocycles. The predicted octanol–water partition coefficient (Wildman–Crippen LogP) is 0.688. The highest BCUT2D eigenvalue weighted by molar-refractivity contribution is 6.10. The summed E-state index contributed by atoms with van der Waals surface area (Å²) < 4.78 is 0. The Kier molecular flexibility index (Phi) is 4.87. The topological polar surface area (TPSA) is 108 Å². The number of urea groups is 2. The second kappa shape index (κ2) is 6.69. The summed E-state index contributed by atoms with van der Waals surface area (Å²) >= 11 is 0. The van der Waals surface area contributed by atoms with Crippen molar-refractivity contribution in [1.29, 1.82) is 0 Å². The van der Waals surface area contributed by atoms with Crippen LogP contribution >= 0.6 is 0 Å². The van der Waals surface area contributed by atoms with Gasteiger partial charge in [-0.15, -0.1) is 0 Å². The van der Waals surface area contributed by atoms with Gasteiger partial charge in [0.2, 0.25) is 5.91 Å². The van der Waals surface area contributed by atoms with Crippen molar-refractivity contribution in [3.05, 3.63) is 35.9 Å². The molecule has 0 aromatic heterocycles. The van der Waals surface area contributed by atoms with Crippen molar-refractivity contribution >= 4 is 23.9 Å². The first-order valence-corrected chi connectivity index (χ1v) is 7.54. The van der Waals surface area contributed by atoms with Gasteiger partial charge in [-0.1, -0.05) is 30.3 Å². The number of carbonyl (C=O) groups is 4. The Balaban J connectivity index is 2.07. The Morgan fingerprint density at radius 2 is 1.83 bits per heavy atom. The minimum absolute atomic E-state index is 0.143. The maximum Gasteiger partial charge on any atom is 0.325 e. The van der Waals surface area contributed by atoms with Crippen LogP contribution in [0, 0.1) is 0 Å². The first kappa shape index (κ1) is 17.5. The van der Waals surface area contributed by atoms with Gasteiger partial charge in [0.25, 0.3) is 5.91 Å². The third-order valence-electron chi connectivity index (χ3n) is 3.60. The second-order valence-electron chi connectivity index (χ2n) is 5.99. The lowest BCUT2D eigenvalue weighted by atomic mass is 9.92. The molecule has 2 rings (SSSR count). The van der Waals surface area contributed by atoms with Gasteiger partial charge in [-0.2, -0.15) is 0 Å². The summed E-state index contributed by atoms with van der Waals surface area (Å²) in [4.78, 5) is 48.9. The summed E-state index contributed by atoms with van der Waals surface area (Å²) in [6.07, 6.45) is 0. The normalized spacial score (nSPS) is 20.1. The SMILES string of the molecule is CC(C)NC(=O)NC(=O)CN1C(=O)N[C@@](C)(c2ccccc2)C1=O. The van der Waals surface area contributed by atoms with E-state index < -0.39 is 36.0 Å². The number of nitrogens with zero attached hydrogens (tertiary/aromatic N) is 1. The molecule has 0 unspecified atom stereocenters.